The van der Waals surface area contributed by atoms with Crippen molar-refractivity contribution in [1.29, 1.82) is 0 Å². The maximum atomic E-state index is 11.6. The highest BCUT2D eigenvalue weighted by Crippen LogP contribution is 2.07. The highest BCUT2D eigenvalue weighted by atomic mass is 127. The molecule has 9 heteroatoms. The second-order valence-corrected chi connectivity index (χ2v) is 7.33. The standard InChI is InChI=1S/C20H30N6O2.HI/c1-20(2,3)28-19(27)24-10-9-23-18(21-4)25-13-16-5-7-17(8-6-16)14-26-12-11-22-15-26;/h5-8,11-12,15H,9-10,13-14H2,1-4H3,(H,24,27)(H2,21,23,25);1H. The van der Waals surface area contributed by atoms with E-state index in [1.165, 1.54) is 5.56 Å². The van der Waals surface area contributed by atoms with Crippen molar-refractivity contribution in [3.63, 3.8) is 0 Å². The van der Waals surface area contributed by atoms with Gasteiger partial charge in [-0.1, -0.05) is 24.3 Å². The second-order valence-electron chi connectivity index (χ2n) is 7.33. The Morgan fingerprint density at radius 1 is 1.10 bits per heavy atom. The Hall–Kier alpha value is -2.30. The number of ether oxygens (including phenoxy) is 1. The molecular weight excluding hydrogens is 483 g/mol. The molecule has 0 spiro atoms. The SMILES string of the molecule is CN=C(NCCNC(=O)OC(C)(C)C)NCc1ccc(Cn2ccnc2)cc1.I. The maximum Gasteiger partial charge on any atom is 0.407 e. The van der Waals surface area contributed by atoms with Crippen molar-refractivity contribution in [2.45, 2.75) is 39.5 Å². The molecule has 1 heterocycles. The van der Waals surface area contributed by atoms with Gasteiger partial charge in [0.15, 0.2) is 5.96 Å². The molecule has 0 atom stereocenters. The molecule has 0 saturated heterocycles. The van der Waals surface area contributed by atoms with Crippen molar-refractivity contribution in [2.75, 3.05) is 20.1 Å². The minimum absolute atomic E-state index is 0. The number of alkyl carbamates (subject to hydrolysis) is 1. The number of guanidine groups is 1. The van der Waals surface area contributed by atoms with E-state index in [1.54, 1.807) is 13.2 Å². The van der Waals surface area contributed by atoms with E-state index in [0.717, 1.165) is 12.1 Å². The van der Waals surface area contributed by atoms with Crippen molar-refractivity contribution in [3.05, 3.63) is 54.1 Å². The predicted molar refractivity (Wildman–Crippen MR) is 126 cm³/mol. The van der Waals surface area contributed by atoms with Gasteiger partial charge in [-0.05, 0) is 31.9 Å². The zero-order chi connectivity index (χ0) is 20.4. The molecular formula is C20H31IN6O2. The van der Waals surface area contributed by atoms with Crippen molar-refractivity contribution < 1.29 is 9.53 Å². The van der Waals surface area contributed by atoms with Crippen LogP contribution in [0.2, 0.25) is 0 Å². The van der Waals surface area contributed by atoms with Gasteiger partial charge in [0, 0.05) is 45.6 Å². The van der Waals surface area contributed by atoms with Gasteiger partial charge in [0.25, 0.3) is 0 Å². The summed E-state index contributed by atoms with van der Waals surface area (Å²) in [6.45, 7) is 7.95. The number of aliphatic imine (C=N–C) groups is 1. The largest absolute Gasteiger partial charge is 0.444 e. The van der Waals surface area contributed by atoms with Crippen LogP contribution in [0.25, 0.3) is 0 Å². The summed E-state index contributed by atoms with van der Waals surface area (Å²) in [5.41, 5.74) is 1.88. The topological polar surface area (TPSA) is 92.6 Å². The number of halogens is 1. The maximum absolute atomic E-state index is 11.6. The normalized spacial score (nSPS) is 11.4. The summed E-state index contributed by atoms with van der Waals surface area (Å²) in [5, 5.41) is 9.12. The lowest BCUT2D eigenvalue weighted by Gasteiger charge is -2.20. The number of imidazole rings is 1. The van der Waals surface area contributed by atoms with E-state index in [2.05, 4.69) is 50.2 Å². The number of carbonyl (C=O) groups is 1. The molecule has 0 aliphatic rings. The van der Waals surface area contributed by atoms with Crippen LogP contribution in [0.5, 0.6) is 0 Å². The lowest BCUT2D eigenvalue weighted by molar-refractivity contribution is 0.0529. The van der Waals surface area contributed by atoms with E-state index in [-0.39, 0.29) is 24.0 Å². The molecule has 1 amide bonds. The van der Waals surface area contributed by atoms with Crippen LogP contribution in [-0.4, -0.2) is 47.3 Å². The molecule has 2 rings (SSSR count). The fourth-order valence-corrected chi connectivity index (χ4v) is 2.42. The molecule has 0 aliphatic heterocycles. The molecule has 160 valence electrons. The van der Waals surface area contributed by atoms with E-state index in [4.69, 9.17) is 4.74 Å². The Morgan fingerprint density at radius 2 is 1.76 bits per heavy atom. The van der Waals surface area contributed by atoms with Crippen LogP contribution >= 0.6 is 24.0 Å². The first-order valence-corrected chi connectivity index (χ1v) is 9.30. The van der Waals surface area contributed by atoms with Gasteiger partial charge in [-0.2, -0.15) is 0 Å². The van der Waals surface area contributed by atoms with Crippen LogP contribution in [0, 0.1) is 0 Å². The van der Waals surface area contributed by atoms with E-state index in [9.17, 15) is 4.79 Å². The zero-order valence-electron chi connectivity index (χ0n) is 17.4. The fourth-order valence-electron chi connectivity index (χ4n) is 2.42. The zero-order valence-corrected chi connectivity index (χ0v) is 19.8. The van der Waals surface area contributed by atoms with Crippen LogP contribution < -0.4 is 16.0 Å². The predicted octanol–water partition coefficient (Wildman–Crippen LogP) is 2.74. The Balaban J connectivity index is 0.00000420. The summed E-state index contributed by atoms with van der Waals surface area (Å²) >= 11 is 0. The molecule has 0 bridgehead atoms. The number of hydrogen-bond acceptors (Lipinski definition) is 4. The lowest BCUT2D eigenvalue weighted by Crippen LogP contribution is -2.42. The van der Waals surface area contributed by atoms with Crippen LogP contribution in [0.3, 0.4) is 0 Å². The van der Waals surface area contributed by atoms with Gasteiger partial charge < -0.3 is 25.3 Å². The molecule has 0 fully saturated rings. The Labute approximate surface area is 189 Å². The summed E-state index contributed by atoms with van der Waals surface area (Å²) in [6, 6.07) is 8.41. The first-order chi connectivity index (χ1) is 13.4. The molecule has 0 unspecified atom stereocenters. The van der Waals surface area contributed by atoms with Crippen LogP contribution in [0.4, 0.5) is 4.79 Å². The summed E-state index contributed by atoms with van der Waals surface area (Å²) < 4.78 is 7.22. The molecule has 1 aromatic carbocycles. The number of rotatable bonds is 7. The van der Waals surface area contributed by atoms with Crippen LogP contribution in [0.1, 0.15) is 31.9 Å². The number of amides is 1. The highest BCUT2D eigenvalue weighted by Gasteiger charge is 2.15. The number of hydrogen-bond donors (Lipinski definition) is 3. The molecule has 0 aliphatic carbocycles. The monoisotopic (exact) mass is 514 g/mol. The molecule has 29 heavy (non-hydrogen) atoms. The molecule has 0 radical (unpaired) electrons. The fraction of sp³-hybridized carbons (Fsp3) is 0.450. The highest BCUT2D eigenvalue weighted by molar-refractivity contribution is 14.0. The third-order valence-electron chi connectivity index (χ3n) is 3.72. The van der Waals surface area contributed by atoms with Crippen molar-refractivity contribution in [2.24, 2.45) is 4.99 Å². The summed E-state index contributed by atoms with van der Waals surface area (Å²) in [5.74, 6) is 0.675. The number of aromatic nitrogens is 2. The van der Waals surface area contributed by atoms with Gasteiger partial charge >= 0.3 is 6.09 Å². The van der Waals surface area contributed by atoms with Crippen molar-refractivity contribution in [1.82, 2.24) is 25.5 Å². The minimum atomic E-state index is -0.497. The summed E-state index contributed by atoms with van der Waals surface area (Å²) in [6.07, 6.45) is 5.11. The van der Waals surface area contributed by atoms with Gasteiger partial charge in [0.05, 0.1) is 6.33 Å². The van der Waals surface area contributed by atoms with Gasteiger partial charge in [0.1, 0.15) is 5.60 Å². The molecule has 8 nitrogen and oxygen atoms in total. The third-order valence-corrected chi connectivity index (χ3v) is 3.72. The minimum Gasteiger partial charge on any atom is -0.444 e. The van der Waals surface area contributed by atoms with Crippen LogP contribution in [-0.2, 0) is 17.8 Å². The Kier molecular flexibility index (Phi) is 10.5. The number of nitrogens with one attached hydrogen (secondary N) is 3. The first-order valence-electron chi connectivity index (χ1n) is 9.30. The van der Waals surface area contributed by atoms with E-state index < -0.39 is 11.7 Å². The van der Waals surface area contributed by atoms with Crippen molar-refractivity contribution >= 4 is 36.0 Å². The smallest absolute Gasteiger partial charge is 0.407 e. The molecule has 0 saturated carbocycles. The molecule has 2 aromatic rings. The first kappa shape index (κ1) is 24.7. The van der Waals surface area contributed by atoms with E-state index in [0.29, 0.717) is 25.6 Å². The molecule has 1 aromatic heterocycles. The van der Waals surface area contributed by atoms with Gasteiger partial charge in [-0.25, -0.2) is 9.78 Å². The van der Waals surface area contributed by atoms with Gasteiger partial charge in [-0.3, -0.25) is 4.99 Å². The molecule has 3 N–H and O–H groups in total. The van der Waals surface area contributed by atoms with E-state index >= 15 is 0 Å². The number of carbonyl (C=O) groups excluding carboxylic acids is 1. The van der Waals surface area contributed by atoms with Crippen molar-refractivity contribution in [3.8, 4) is 0 Å². The number of benzene rings is 1. The number of nitrogens with zero attached hydrogens (tertiary/aromatic N) is 3. The Bertz CT molecular complexity index is 754. The van der Waals surface area contributed by atoms with Gasteiger partial charge in [-0.15, -0.1) is 24.0 Å². The average Bonchev–Trinajstić information content (AvgIpc) is 3.14. The quantitative estimate of drug-likeness (QED) is 0.229. The average molecular weight is 514 g/mol. The third kappa shape index (κ3) is 10.2. The summed E-state index contributed by atoms with van der Waals surface area (Å²) in [4.78, 5) is 19.8. The second kappa shape index (κ2) is 12.3. The van der Waals surface area contributed by atoms with Gasteiger partial charge in [0.2, 0.25) is 0 Å². The van der Waals surface area contributed by atoms with E-state index in [1.807, 2.05) is 37.9 Å². The summed E-state index contributed by atoms with van der Waals surface area (Å²) in [7, 11) is 1.71. The van der Waals surface area contributed by atoms with Crippen LogP contribution in [0.15, 0.2) is 48.0 Å². The lowest BCUT2D eigenvalue weighted by atomic mass is 10.1. The Morgan fingerprint density at radius 3 is 2.34 bits per heavy atom.